The molecule has 1 aromatic heterocycles. The van der Waals surface area contributed by atoms with Gasteiger partial charge in [-0.3, -0.25) is 4.90 Å². The van der Waals surface area contributed by atoms with E-state index in [4.69, 9.17) is 4.52 Å². The van der Waals surface area contributed by atoms with Crippen LogP contribution in [-0.4, -0.2) is 16.6 Å². The molecule has 1 aliphatic heterocycles. The molecule has 1 aromatic carbocycles. The Kier molecular flexibility index (Phi) is 3.71. The Hall–Kier alpha value is -1.13. The van der Waals surface area contributed by atoms with E-state index in [9.17, 15) is 0 Å². The number of benzene rings is 1. The average Bonchev–Trinajstić information content (AvgIpc) is 3.01. The van der Waals surface area contributed by atoms with Crippen molar-refractivity contribution < 1.29 is 4.52 Å². The summed E-state index contributed by atoms with van der Waals surface area (Å²) in [7, 11) is 0. The Labute approximate surface area is 121 Å². The monoisotopic (exact) mass is 320 g/mol. The molecule has 3 nitrogen and oxygen atoms in total. The Morgan fingerprint density at radius 1 is 1.37 bits per heavy atom. The lowest BCUT2D eigenvalue weighted by Gasteiger charge is -2.22. The summed E-state index contributed by atoms with van der Waals surface area (Å²) >= 11 is 3.47. The maximum Gasteiger partial charge on any atom is 0.154 e. The van der Waals surface area contributed by atoms with E-state index in [2.05, 4.69) is 56.3 Å². The third-order valence-corrected chi connectivity index (χ3v) is 4.17. The zero-order valence-electron chi connectivity index (χ0n) is 11.0. The van der Waals surface area contributed by atoms with Gasteiger partial charge in [0.1, 0.15) is 0 Å². The van der Waals surface area contributed by atoms with Gasteiger partial charge < -0.3 is 4.52 Å². The first kappa shape index (κ1) is 12.9. The number of rotatable bonds is 3. The van der Waals surface area contributed by atoms with Gasteiger partial charge in [0.15, 0.2) is 5.76 Å². The molecule has 2 aromatic rings. The lowest BCUT2D eigenvalue weighted by atomic mass is 10.1. The smallest absolute Gasteiger partial charge is 0.154 e. The van der Waals surface area contributed by atoms with Crippen LogP contribution >= 0.6 is 15.9 Å². The number of aromatic nitrogens is 1. The first-order valence-electron chi connectivity index (χ1n) is 6.64. The van der Waals surface area contributed by atoms with E-state index in [1.807, 2.05) is 6.92 Å². The number of halogens is 1. The summed E-state index contributed by atoms with van der Waals surface area (Å²) in [6.07, 6.45) is 2.38. The second kappa shape index (κ2) is 5.47. The minimum Gasteiger partial charge on any atom is -0.359 e. The molecule has 2 heterocycles. The van der Waals surface area contributed by atoms with Gasteiger partial charge in [0, 0.05) is 17.1 Å². The van der Waals surface area contributed by atoms with Crippen LogP contribution in [0.15, 0.2) is 39.3 Å². The Bertz CT molecular complexity index is 550. The zero-order valence-corrected chi connectivity index (χ0v) is 12.6. The predicted molar refractivity (Wildman–Crippen MR) is 77.8 cm³/mol. The topological polar surface area (TPSA) is 29.3 Å². The summed E-state index contributed by atoms with van der Waals surface area (Å²) in [5.74, 6) is 1.01. The molecule has 1 saturated heterocycles. The lowest BCUT2D eigenvalue weighted by molar-refractivity contribution is 0.206. The molecule has 0 spiro atoms. The number of nitrogens with zero attached hydrogens (tertiary/aromatic N) is 2. The maximum absolute atomic E-state index is 5.44. The Morgan fingerprint density at radius 2 is 2.16 bits per heavy atom. The van der Waals surface area contributed by atoms with Crippen molar-refractivity contribution in [3.8, 4) is 0 Å². The van der Waals surface area contributed by atoms with Gasteiger partial charge in [-0.1, -0.05) is 33.2 Å². The van der Waals surface area contributed by atoms with Gasteiger partial charge >= 0.3 is 0 Å². The second-order valence-corrected chi connectivity index (χ2v) is 6.04. The molecule has 100 valence electrons. The molecule has 1 atom stereocenters. The third-order valence-electron chi connectivity index (χ3n) is 3.64. The van der Waals surface area contributed by atoms with Crippen molar-refractivity contribution >= 4 is 15.9 Å². The van der Waals surface area contributed by atoms with Crippen LogP contribution in [0.25, 0.3) is 0 Å². The van der Waals surface area contributed by atoms with Gasteiger partial charge in [-0.05, 0) is 44.0 Å². The van der Waals surface area contributed by atoms with Crippen molar-refractivity contribution in [3.05, 3.63) is 51.8 Å². The van der Waals surface area contributed by atoms with Gasteiger partial charge in [0.05, 0.1) is 11.7 Å². The van der Waals surface area contributed by atoms with Crippen LogP contribution in [0, 0.1) is 6.92 Å². The highest BCUT2D eigenvalue weighted by atomic mass is 79.9. The number of likely N-dealkylation sites (tertiary alicyclic amines) is 1. The van der Waals surface area contributed by atoms with Crippen LogP contribution in [0.4, 0.5) is 0 Å². The van der Waals surface area contributed by atoms with Crippen molar-refractivity contribution in [3.63, 3.8) is 0 Å². The fourth-order valence-corrected chi connectivity index (χ4v) is 2.97. The molecule has 0 amide bonds. The summed E-state index contributed by atoms with van der Waals surface area (Å²) in [4.78, 5) is 2.48. The molecule has 4 heteroatoms. The largest absolute Gasteiger partial charge is 0.359 e. The molecular weight excluding hydrogens is 304 g/mol. The number of hydrogen-bond donors (Lipinski definition) is 0. The van der Waals surface area contributed by atoms with Crippen LogP contribution in [0.5, 0.6) is 0 Å². The molecule has 0 unspecified atom stereocenters. The normalized spacial score (nSPS) is 20.0. The van der Waals surface area contributed by atoms with Crippen LogP contribution in [0.2, 0.25) is 0 Å². The molecule has 19 heavy (non-hydrogen) atoms. The van der Waals surface area contributed by atoms with E-state index < -0.39 is 0 Å². The maximum atomic E-state index is 5.44. The average molecular weight is 321 g/mol. The Morgan fingerprint density at radius 3 is 2.84 bits per heavy atom. The fraction of sp³-hybridized carbons (Fsp3) is 0.400. The van der Waals surface area contributed by atoms with Gasteiger partial charge in [0.2, 0.25) is 0 Å². The van der Waals surface area contributed by atoms with Gasteiger partial charge in [0.25, 0.3) is 0 Å². The van der Waals surface area contributed by atoms with E-state index in [0.717, 1.165) is 35.4 Å². The molecule has 3 rings (SSSR count). The summed E-state index contributed by atoms with van der Waals surface area (Å²) in [5, 5.41) is 4.01. The zero-order chi connectivity index (χ0) is 13.2. The van der Waals surface area contributed by atoms with Gasteiger partial charge in [-0.25, -0.2) is 0 Å². The van der Waals surface area contributed by atoms with Crippen LogP contribution in [0.3, 0.4) is 0 Å². The molecule has 0 N–H and O–H groups in total. The molecule has 0 aliphatic carbocycles. The second-order valence-electron chi connectivity index (χ2n) is 5.13. The van der Waals surface area contributed by atoms with E-state index >= 15 is 0 Å². The third kappa shape index (κ3) is 2.90. The molecule has 0 radical (unpaired) electrons. The predicted octanol–water partition coefficient (Wildman–Crippen LogP) is 4.08. The van der Waals surface area contributed by atoms with Crippen molar-refractivity contribution in [2.75, 3.05) is 6.54 Å². The van der Waals surface area contributed by atoms with E-state index in [-0.39, 0.29) is 0 Å². The van der Waals surface area contributed by atoms with E-state index in [1.165, 1.54) is 12.0 Å². The molecular formula is C15H17BrN2O. The Balaban J connectivity index is 1.74. The van der Waals surface area contributed by atoms with Gasteiger partial charge in [-0.15, -0.1) is 0 Å². The standard InChI is InChI=1S/C15H17BrN2O/c1-11-9-15(19-17-11)14-3-2-8-18(14)10-12-4-6-13(16)7-5-12/h4-7,9,14H,2-3,8,10H2,1H3/t14-/m0/s1. The molecule has 1 aliphatic rings. The van der Waals surface area contributed by atoms with Gasteiger partial charge in [-0.2, -0.15) is 0 Å². The quantitative estimate of drug-likeness (QED) is 0.853. The van der Waals surface area contributed by atoms with Crippen molar-refractivity contribution in [2.45, 2.75) is 32.4 Å². The fourth-order valence-electron chi connectivity index (χ4n) is 2.70. The highest BCUT2D eigenvalue weighted by molar-refractivity contribution is 9.10. The molecule has 0 saturated carbocycles. The van der Waals surface area contributed by atoms with Crippen molar-refractivity contribution in [2.24, 2.45) is 0 Å². The van der Waals surface area contributed by atoms with E-state index in [0.29, 0.717) is 6.04 Å². The number of hydrogen-bond acceptors (Lipinski definition) is 3. The minimum atomic E-state index is 0.379. The first-order valence-corrected chi connectivity index (χ1v) is 7.43. The van der Waals surface area contributed by atoms with Crippen LogP contribution < -0.4 is 0 Å². The minimum absolute atomic E-state index is 0.379. The van der Waals surface area contributed by atoms with Crippen molar-refractivity contribution in [1.82, 2.24) is 10.1 Å². The molecule has 1 fully saturated rings. The highest BCUT2D eigenvalue weighted by Gasteiger charge is 2.28. The summed E-state index contributed by atoms with van der Waals surface area (Å²) in [5.41, 5.74) is 2.30. The molecule has 0 bridgehead atoms. The highest BCUT2D eigenvalue weighted by Crippen LogP contribution is 2.33. The first-order chi connectivity index (χ1) is 9.22. The van der Waals surface area contributed by atoms with E-state index in [1.54, 1.807) is 0 Å². The summed E-state index contributed by atoms with van der Waals surface area (Å²) < 4.78 is 6.56. The van der Waals surface area contributed by atoms with Crippen LogP contribution in [0.1, 0.15) is 35.9 Å². The van der Waals surface area contributed by atoms with Crippen molar-refractivity contribution in [1.29, 1.82) is 0 Å². The number of aryl methyl sites for hydroxylation is 1. The summed E-state index contributed by atoms with van der Waals surface area (Å²) in [6.45, 7) is 4.07. The lowest BCUT2D eigenvalue weighted by Crippen LogP contribution is -2.22. The SMILES string of the molecule is Cc1cc([C@@H]2CCCN2Cc2ccc(Br)cc2)on1. The summed E-state index contributed by atoms with van der Waals surface area (Å²) in [6, 6.07) is 11.0. The van der Waals surface area contributed by atoms with Crippen LogP contribution in [-0.2, 0) is 6.54 Å².